The van der Waals surface area contributed by atoms with Crippen LogP contribution in [0.2, 0.25) is 10.0 Å². The van der Waals surface area contributed by atoms with E-state index in [9.17, 15) is 13.5 Å². The van der Waals surface area contributed by atoms with Crippen LogP contribution in [0.3, 0.4) is 0 Å². The summed E-state index contributed by atoms with van der Waals surface area (Å²) in [5, 5.41) is 13.5. The molecule has 7 nitrogen and oxygen atoms in total. The van der Waals surface area contributed by atoms with Crippen molar-refractivity contribution in [1.29, 1.82) is 0 Å². The number of halogens is 2. The van der Waals surface area contributed by atoms with Crippen LogP contribution in [0, 0.1) is 6.92 Å². The Morgan fingerprint density at radius 1 is 0.971 bits per heavy atom. The molecule has 0 radical (unpaired) electrons. The van der Waals surface area contributed by atoms with E-state index >= 15 is 0 Å². The summed E-state index contributed by atoms with van der Waals surface area (Å²) in [5.74, 6) is 0.726. The molecular weight excluding hydrogens is 520 g/mol. The van der Waals surface area contributed by atoms with Crippen molar-refractivity contribution in [3.05, 3.63) is 58.1 Å². The van der Waals surface area contributed by atoms with E-state index in [1.807, 2.05) is 13.0 Å². The van der Waals surface area contributed by atoms with Crippen LogP contribution in [-0.4, -0.2) is 62.6 Å². The number of aryl methyl sites for hydroxylation is 1. The summed E-state index contributed by atoms with van der Waals surface area (Å²) in [5.41, 5.74) is 0.942. The van der Waals surface area contributed by atoms with Gasteiger partial charge in [-0.15, -0.1) is 0 Å². The molecule has 2 saturated heterocycles. The molecule has 0 spiro atoms. The SMILES string of the molecule is Cc1ccc(S(=O)(=O)/N=C(\[O-])N2CCC(N3CCC(Oc4ccc(Cl)c(Cl)c4)CC3)CC2)cc1.[Na+]. The van der Waals surface area contributed by atoms with Crippen LogP contribution in [0.4, 0.5) is 0 Å². The van der Waals surface area contributed by atoms with E-state index in [1.165, 1.54) is 17.0 Å². The minimum atomic E-state index is -4.00. The Kier molecular flexibility index (Phi) is 10.2. The summed E-state index contributed by atoms with van der Waals surface area (Å²) in [6, 6.07) is 11.3. The fraction of sp³-hybridized carbons (Fsp3) is 0.458. The zero-order valence-corrected chi connectivity index (χ0v) is 24.3. The van der Waals surface area contributed by atoms with Crippen molar-refractivity contribution in [3.63, 3.8) is 0 Å². The van der Waals surface area contributed by atoms with Crippen LogP contribution in [0.5, 0.6) is 5.75 Å². The van der Waals surface area contributed by atoms with Gasteiger partial charge in [-0.25, -0.2) is 0 Å². The number of piperidine rings is 2. The van der Waals surface area contributed by atoms with Gasteiger partial charge in [0.15, 0.2) is 0 Å². The van der Waals surface area contributed by atoms with Gasteiger partial charge in [0.2, 0.25) is 0 Å². The van der Waals surface area contributed by atoms with Crippen LogP contribution in [0.1, 0.15) is 31.2 Å². The third kappa shape index (κ3) is 7.51. The van der Waals surface area contributed by atoms with Crippen LogP contribution in [0.15, 0.2) is 51.8 Å². The molecule has 0 saturated carbocycles. The Labute approximate surface area is 239 Å². The molecule has 2 aliphatic heterocycles. The number of rotatable bonds is 5. The monoisotopic (exact) mass is 547 g/mol. The third-order valence-corrected chi connectivity index (χ3v) is 8.44. The maximum absolute atomic E-state index is 12.5. The fourth-order valence-corrected chi connectivity index (χ4v) is 5.64. The smallest absolute Gasteiger partial charge is 0.845 e. The van der Waals surface area contributed by atoms with E-state index in [4.69, 9.17) is 27.9 Å². The van der Waals surface area contributed by atoms with Gasteiger partial charge in [0.05, 0.1) is 21.0 Å². The number of hydrogen-bond acceptors (Lipinski definition) is 5. The Bertz CT molecular complexity index is 1130. The van der Waals surface area contributed by atoms with E-state index in [0.717, 1.165) is 50.1 Å². The second kappa shape index (κ2) is 12.5. The first-order chi connectivity index (χ1) is 16.2. The summed E-state index contributed by atoms with van der Waals surface area (Å²) in [7, 11) is -4.00. The second-order valence-electron chi connectivity index (χ2n) is 8.81. The van der Waals surface area contributed by atoms with Gasteiger partial charge in [-0.1, -0.05) is 40.9 Å². The first-order valence-electron chi connectivity index (χ1n) is 11.4. The van der Waals surface area contributed by atoms with Crippen molar-refractivity contribution in [3.8, 4) is 5.75 Å². The quantitative estimate of drug-likeness (QED) is 0.311. The zero-order valence-electron chi connectivity index (χ0n) is 20.0. The predicted octanol–water partition coefficient (Wildman–Crippen LogP) is 0.719. The minimum absolute atomic E-state index is 0. The van der Waals surface area contributed by atoms with Gasteiger partial charge in [-0.05, 0) is 56.9 Å². The summed E-state index contributed by atoms with van der Waals surface area (Å²) >= 11 is 12.0. The molecular formula is C24H28Cl2N3NaO4S. The molecule has 2 heterocycles. The number of ether oxygens (including phenoxy) is 1. The summed E-state index contributed by atoms with van der Waals surface area (Å²) in [4.78, 5) is 4.01. The normalized spacial score (nSPS) is 18.8. The largest absolute Gasteiger partial charge is 1.00 e. The predicted molar refractivity (Wildman–Crippen MR) is 132 cm³/mol. The van der Waals surface area contributed by atoms with Gasteiger partial charge >= 0.3 is 29.6 Å². The molecule has 0 bridgehead atoms. The topological polar surface area (TPSA) is 85.3 Å². The number of benzene rings is 2. The van der Waals surface area contributed by atoms with Gasteiger partial charge in [-0.2, -0.15) is 12.8 Å². The molecule has 2 aliphatic rings. The van der Waals surface area contributed by atoms with Crippen molar-refractivity contribution < 1.29 is 47.8 Å². The average Bonchev–Trinajstić information content (AvgIpc) is 2.82. The molecule has 35 heavy (non-hydrogen) atoms. The van der Waals surface area contributed by atoms with E-state index in [1.54, 1.807) is 24.3 Å². The number of amidine groups is 1. The standard InChI is InChI=1S/C24H29Cl2N3O4S.Na/c1-17-2-5-21(6-3-17)34(31,32)27-24(30)29-12-8-18(9-13-29)28-14-10-19(11-15-28)33-20-4-7-22(25)23(26)16-20;/h2-7,16,18-19H,8-15H2,1H3,(H,27,30);/q;+1/p-1. The van der Waals surface area contributed by atoms with E-state index in [2.05, 4.69) is 9.30 Å². The number of likely N-dealkylation sites (tertiary alicyclic amines) is 2. The van der Waals surface area contributed by atoms with Crippen molar-refractivity contribution >= 4 is 39.2 Å². The number of nitrogens with zero attached hydrogens (tertiary/aromatic N) is 3. The average molecular weight is 548 g/mol. The Morgan fingerprint density at radius 3 is 2.20 bits per heavy atom. The van der Waals surface area contributed by atoms with Crippen LogP contribution < -0.4 is 39.4 Å². The number of sulfonamides is 1. The zero-order chi connectivity index (χ0) is 24.3. The molecule has 11 heteroatoms. The summed E-state index contributed by atoms with van der Waals surface area (Å²) in [6.07, 6.45) is 3.53. The van der Waals surface area contributed by atoms with Gasteiger partial charge in [-0.3, -0.25) is 4.90 Å². The molecule has 0 N–H and O–H groups in total. The van der Waals surface area contributed by atoms with Gasteiger partial charge in [0, 0.05) is 38.3 Å². The first-order valence-corrected chi connectivity index (χ1v) is 13.6. The second-order valence-corrected chi connectivity index (χ2v) is 11.2. The Morgan fingerprint density at radius 2 is 1.60 bits per heavy atom. The molecule has 0 unspecified atom stereocenters. The van der Waals surface area contributed by atoms with Gasteiger partial charge < -0.3 is 14.7 Å². The van der Waals surface area contributed by atoms with Crippen molar-refractivity contribution in [2.24, 2.45) is 4.40 Å². The number of hydrogen-bond donors (Lipinski definition) is 0. The first kappa shape index (κ1) is 28.6. The molecule has 2 aromatic rings. The van der Waals surface area contributed by atoms with E-state index in [0.29, 0.717) is 29.2 Å². The molecule has 2 aromatic carbocycles. The molecule has 0 aromatic heterocycles. The van der Waals surface area contributed by atoms with Crippen LogP contribution >= 0.6 is 23.2 Å². The Hall–Kier alpha value is -1.000. The third-order valence-electron chi connectivity index (χ3n) is 6.44. The van der Waals surface area contributed by atoms with Gasteiger partial charge in [0.1, 0.15) is 11.9 Å². The van der Waals surface area contributed by atoms with Gasteiger partial charge in [0.25, 0.3) is 10.0 Å². The van der Waals surface area contributed by atoms with Crippen molar-refractivity contribution in [1.82, 2.24) is 9.80 Å². The molecule has 0 aliphatic carbocycles. The minimum Gasteiger partial charge on any atom is -0.845 e. The molecule has 2 fully saturated rings. The summed E-state index contributed by atoms with van der Waals surface area (Å²) < 4.78 is 34.5. The fourth-order valence-electron chi connectivity index (χ4n) is 4.45. The summed E-state index contributed by atoms with van der Waals surface area (Å²) in [6.45, 7) is 4.69. The van der Waals surface area contributed by atoms with Crippen LogP contribution in [0.25, 0.3) is 0 Å². The molecule has 0 amide bonds. The van der Waals surface area contributed by atoms with E-state index < -0.39 is 16.0 Å². The maximum atomic E-state index is 12.5. The van der Waals surface area contributed by atoms with Crippen LogP contribution in [-0.2, 0) is 10.0 Å². The van der Waals surface area contributed by atoms with E-state index in [-0.39, 0.29) is 40.6 Å². The molecule has 0 atom stereocenters. The van der Waals surface area contributed by atoms with Crippen molar-refractivity contribution in [2.75, 3.05) is 26.2 Å². The maximum Gasteiger partial charge on any atom is 1.00 e. The molecule has 184 valence electrons. The molecule has 4 rings (SSSR count). The van der Waals surface area contributed by atoms with Crippen molar-refractivity contribution in [2.45, 2.75) is 49.6 Å². The Balaban J connectivity index is 0.00000342.